The number of rotatable bonds is 15. The zero-order chi connectivity index (χ0) is 36.3. The molecule has 0 bridgehead atoms. The SMILES string of the molecule is CC(=O)OC(CCC(=O)O[C@@](Cn1cncn1)(c1ccc(F)cc1F)[C@@H](C)SC1COC(C=CC=Cc2ccc(C#N)cc2F)OC1)C(=O)O. The van der Waals surface area contributed by atoms with E-state index in [0.29, 0.717) is 11.6 Å². The van der Waals surface area contributed by atoms with Gasteiger partial charge in [-0.2, -0.15) is 10.4 Å². The summed E-state index contributed by atoms with van der Waals surface area (Å²) in [7, 11) is 0. The maximum absolute atomic E-state index is 15.6. The highest BCUT2D eigenvalue weighted by Gasteiger charge is 2.46. The minimum Gasteiger partial charge on any atom is -0.479 e. The number of halogens is 3. The van der Waals surface area contributed by atoms with Crippen LogP contribution in [0.1, 0.15) is 43.4 Å². The summed E-state index contributed by atoms with van der Waals surface area (Å²) in [6.45, 7) is 2.78. The molecule has 0 amide bonds. The molecular formula is C34H33F3N4O8S. The topological polar surface area (TPSA) is 163 Å². The van der Waals surface area contributed by atoms with Gasteiger partial charge in [-0.25, -0.2) is 27.6 Å². The maximum atomic E-state index is 15.6. The van der Waals surface area contributed by atoms with Crippen molar-refractivity contribution in [1.29, 1.82) is 5.26 Å². The van der Waals surface area contributed by atoms with Crippen LogP contribution in [0.3, 0.4) is 0 Å². The standard InChI is InChI=1S/C34H33F3N4O8S/c1-21(50-26-16-46-32(47-17-26)6-4-3-5-24-8-7-23(15-38)13-28(24)36)34(18-41-20-39-19-40-41,27-10-9-25(35)14-29(27)37)49-31(43)12-11-30(33(44)45)48-22(2)42/h3-10,13-14,19-21,26,30,32H,11-12,16-18H2,1-2H3,(H,44,45)/t21-,26?,30?,32?,34-/m1/s1. The van der Waals surface area contributed by atoms with Crippen molar-refractivity contribution in [3.63, 3.8) is 0 Å². The molecule has 2 heterocycles. The van der Waals surface area contributed by atoms with Crippen molar-refractivity contribution in [2.75, 3.05) is 13.2 Å². The number of carboxylic acids is 1. The Hall–Kier alpha value is -4.98. The second-order valence-electron chi connectivity index (χ2n) is 11.1. The molecule has 4 rings (SSSR count). The first-order valence-corrected chi connectivity index (χ1v) is 16.2. The first-order chi connectivity index (χ1) is 23.9. The highest BCUT2D eigenvalue weighted by Crippen LogP contribution is 2.42. The van der Waals surface area contributed by atoms with Crippen LogP contribution in [0.2, 0.25) is 0 Å². The van der Waals surface area contributed by atoms with Gasteiger partial charge in [0.15, 0.2) is 18.0 Å². The molecule has 0 aliphatic carbocycles. The summed E-state index contributed by atoms with van der Waals surface area (Å²) in [5, 5.41) is 21.3. The van der Waals surface area contributed by atoms with Crippen LogP contribution in [0.4, 0.5) is 13.2 Å². The number of nitriles is 1. The Balaban J connectivity index is 1.50. The van der Waals surface area contributed by atoms with Crippen LogP contribution in [0, 0.1) is 28.8 Å². The van der Waals surface area contributed by atoms with E-state index in [4.69, 9.17) is 24.2 Å². The molecule has 1 unspecified atom stereocenters. The van der Waals surface area contributed by atoms with Gasteiger partial charge in [-0.05, 0) is 37.3 Å². The Morgan fingerprint density at radius 3 is 2.54 bits per heavy atom. The molecule has 1 aromatic heterocycles. The predicted molar refractivity (Wildman–Crippen MR) is 172 cm³/mol. The van der Waals surface area contributed by atoms with Gasteiger partial charge in [0, 0.05) is 42.2 Å². The van der Waals surface area contributed by atoms with Crippen LogP contribution in [0.15, 0.2) is 67.3 Å². The predicted octanol–water partition coefficient (Wildman–Crippen LogP) is 4.94. The molecule has 0 saturated carbocycles. The first-order valence-electron chi connectivity index (χ1n) is 15.2. The quantitative estimate of drug-likeness (QED) is 0.167. The van der Waals surface area contributed by atoms with Gasteiger partial charge in [0.1, 0.15) is 30.1 Å². The molecule has 16 heteroatoms. The number of carbonyl (C=O) groups excluding carboxylic acids is 2. The lowest BCUT2D eigenvalue weighted by Gasteiger charge is -2.40. The van der Waals surface area contributed by atoms with Gasteiger partial charge in [-0.15, -0.1) is 11.8 Å². The van der Waals surface area contributed by atoms with Crippen molar-refractivity contribution in [3.8, 4) is 6.07 Å². The summed E-state index contributed by atoms with van der Waals surface area (Å²) in [6.07, 6.45) is 5.63. The van der Waals surface area contributed by atoms with Crippen LogP contribution in [-0.4, -0.2) is 73.9 Å². The second kappa shape index (κ2) is 17.6. The average molecular weight is 715 g/mol. The van der Waals surface area contributed by atoms with Gasteiger partial charge in [-0.1, -0.05) is 24.3 Å². The molecule has 2 aromatic carbocycles. The van der Waals surface area contributed by atoms with E-state index in [0.717, 1.165) is 25.1 Å². The summed E-state index contributed by atoms with van der Waals surface area (Å²) >= 11 is 1.25. The maximum Gasteiger partial charge on any atom is 0.345 e. The van der Waals surface area contributed by atoms with Crippen molar-refractivity contribution in [2.24, 2.45) is 0 Å². The minimum absolute atomic E-state index is 0.165. The Morgan fingerprint density at radius 2 is 1.92 bits per heavy atom. The molecule has 1 aliphatic rings. The monoisotopic (exact) mass is 714 g/mol. The molecule has 1 N–H and O–H groups in total. The van der Waals surface area contributed by atoms with Crippen molar-refractivity contribution in [3.05, 3.63) is 101 Å². The van der Waals surface area contributed by atoms with Crippen LogP contribution >= 0.6 is 11.8 Å². The van der Waals surface area contributed by atoms with Gasteiger partial charge in [0.2, 0.25) is 0 Å². The van der Waals surface area contributed by atoms with Crippen molar-refractivity contribution in [2.45, 2.75) is 61.7 Å². The average Bonchev–Trinajstić information content (AvgIpc) is 3.58. The lowest BCUT2D eigenvalue weighted by atomic mass is 9.89. The van der Waals surface area contributed by atoms with E-state index < -0.39 is 71.4 Å². The number of carbonyl (C=O) groups is 3. The van der Waals surface area contributed by atoms with E-state index in [2.05, 4.69) is 10.1 Å². The smallest absolute Gasteiger partial charge is 0.345 e. The van der Waals surface area contributed by atoms with Crippen molar-refractivity contribution < 1.29 is 51.6 Å². The largest absolute Gasteiger partial charge is 0.479 e. The van der Waals surface area contributed by atoms with Gasteiger partial charge in [-0.3, -0.25) is 9.59 Å². The van der Waals surface area contributed by atoms with E-state index >= 15 is 4.39 Å². The van der Waals surface area contributed by atoms with Gasteiger partial charge in [0.05, 0.1) is 36.6 Å². The number of aliphatic carboxylic acids is 1. The number of carboxylic acid groups (broad SMARTS) is 1. The normalized spacial score (nSPS) is 18.6. The number of ether oxygens (including phenoxy) is 4. The molecule has 3 atom stereocenters. The molecule has 1 saturated heterocycles. The van der Waals surface area contributed by atoms with Crippen LogP contribution in [0.25, 0.3) is 6.08 Å². The van der Waals surface area contributed by atoms with Crippen LogP contribution < -0.4 is 0 Å². The zero-order valence-electron chi connectivity index (χ0n) is 26.9. The summed E-state index contributed by atoms with van der Waals surface area (Å²) in [5.74, 6) is -5.64. The summed E-state index contributed by atoms with van der Waals surface area (Å²) in [5.41, 5.74) is -1.50. The van der Waals surface area contributed by atoms with E-state index in [9.17, 15) is 28.3 Å². The third-order valence-corrected chi connectivity index (χ3v) is 8.92. The van der Waals surface area contributed by atoms with E-state index in [1.54, 1.807) is 25.2 Å². The highest BCUT2D eigenvalue weighted by atomic mass is 32.2. The fourth-order valence-corrected chi connectivity index (χ4v) is 6.42. The van der Waals surface area contributed by atoms with Gasteiger partial charge < -0.3 is 24.1 Å². The van der Waals surface area contributed by atoms with E-state index in [1.165, 1.54) is 47.3 Å². The van der Waals surface area contributed by atoms with Gasteiger partial charge >= 0.3 is 17.9 Å². The Morgan fingerprint density at radius 1 is 1.16 bits per heavy atom. The number of hydrogen-bond donors (Lipinski definition) is 1. The number of thioether (sulfide) groups is 1. The third-order valence-electron chi connectivity index (χ3n) is 7.47. The van der Waals surface area contributed by atoms with Crippen molar-refractivity contribution >= 4 is 35.7 Å². The third kappa shape index (κ3) is 10.3. The summed E-state index contributed by atoms with van der Waals surface area (Å²) < 4.78 is 67.5. The molecule has 1 fully saturated rings. The molecule has 3 aromatic rings. The fourth-order valence-electron chi connectivity index (χ4n) is 5.06. The Bertz CT molecular complexity index is 1760. The molecule has 264 valence electrons. The van der Waals surface area contributed by atoms with E-state index in [1.807, 2.05) is 6.07 Å². The Kier molecular flexibility index (Phi) is 13.3. The summed E-state index contributed by atoms with van der Waals surface area (Å²) in [4.78, 5) is 40.2. The lowest BCUT2D eigenvalue weighted by Crippen LogP contribution is -2.47. The molecule has 50 heavy (non-hydrogen) atoms. The van der Waals surface area contributed by atoms with Gasteiger partial charge in [0.25, 0.3) is 0 Å². The van der Waals surface area contributed by atoms with Crippen molar-refractivity contribution in [1.82, 2.24) is 14.8 Å². The van der Waals surface area contributed by atoms with E-state index in [-0.39, 0.29) is 36.1 Å². The summed E-state index contributed by atoms with van der Waals surface area (Å²) in [6, 6.07) is 8.85. The highest BCUT2D eigenvalue weighted by molar-refractivity contribution is 8.00. The molecule has 0 radical (unpaired) electrons. The Labute approximate surface area is 289 Å². The number of esters is 2. The number of benzene rings is 2. The molecular weight excluding hydrogens is 681 g/mol. The zero-order valence-corrected chi connectivity index (χ0v) is 27.7. The lowest BCUT2D eigenvalue weighted by molar-refractivity contribution is -0.168. The number of hydrogen-bond acceptors (Lipinski definition) is 11. The second-order valence-corrected chi connectivity index (χ2v) is 12.7. The molecule has 1 aliphatic heterocycles. The first kappa shape index (κ1) is 37.8. The fraction of sp³-hybridized carbons (Fsp3) is 0.353. The minimum atomic E-state index is -1.84. The molecule has 0 spiro atoms. The number of nitrogens with zero attached hydrogens (tertiary/aromatic N) is 4. The number of allylic oxidation sites excluding steroid dienone is 2. The van der Waals surface area contributed by atoms with Crippen LogP contribution in [-0.2, 0) is 45.5 Å². The number of aromatic nitrogens is 3. The molecule has 12 nitrogen and oxygen atoms in total. The van der Waals surface area contributed by atoms with Crippen LogP contribution in [0.5, 0.6) is 0 Å².